The van der Waals surface area contributed by atoms with Gasteiger partial charge >= 0.3 is 0 Å². The van der Waals surface area contributed by atoms with Gasteiger partial charge in [-0.2, -0.15) is 0 Å². The second kappa shape index (κ2) is 7.72. The van der Waals surface area contributed by atoms with Gasteiger partial charge in [0.05, 0.1) is 17.5 Å². The summed E-state index contributed by atoms with van der Waals surface area (Å²) in [5.74, 6) is 0.775. The molecule has 7 heteroatoms. The van der Waals surface area contributed by atoms with Gasteiger partial charge in [0.2, 0.25) is 0 Å². The van der Waals surface area contributed by atoms with E-state index >= 15 is 0 Å². The van der Waals surface area contributed by atoms with E-state index in [1.54, 1.807) is 13.4 Å². The zero-order valence-electron chi connectivity index (χ0n) is 17.7. The molecule has 2 fully saturated rings. The Hall–Kier alpha value is -2.93. The fraction of sp³-hybridized carbons (Fsp3) is 0.435. The number of anilines is 2. The highest BCUT2D eigenvalue weighted by Crippen LogP contribution is 2.30. The third-order valence-corrected chi connectivity index (χ3v) is 6.32. The maximum atomic E-state index is 12.8. The van der Waals surface area contributed by atoms with Crippen LogP contribution in [0.25, 0.3) is 22.2 Å². The monoisotopic (exact) mass is 404 g/mol. The van der Waals surface area contributed by atoms with Crippen LogP contribution in [0.3, 0.4) is 0 Å². The van der Waals surface area contributed by atoms with Crippen molar-refractivity contribution in [1.29, 1.82) is 0 Å². The van der Waals surface area contributed by atoms with Crippen LogP contribution >= 0.6 is 0 Å². The molecule has 0 saturated carbocycles. The third kappa shape index (κ3) is 3.43. The Morgan fingerprint density at radius 1 is 0.867 bits per heavy atom. The van der Waals surface area contributed by atoms with Gasteiger partial charge in [0.1, 0.15) is 11.2 Å². The largest absolute Gasteiger partial charge is 0.369 e. The van der Waals surface area contributed by atoms with Gasteiger partial charge in [0.25, 0.3) is 5.56 Å². The second-order valence-electron chi connectivity index (χ2n) is 8.42. The molecule has 0 aliphatic carbocycles. The first kappa shape index (κ1) is 19.1. The number of piperazine rings is 1. The molecule has 0 amide bonds. The highest BCUT2D eigenvalue weighted by atomic mass is 16.1. The van der Waals surface area contributed by atoms with E-state index in [1.807, 2.05) is 6.07 Å². The fourth-order valence-electron chi connectivity index (χ4n) is 4.42. The third-order valence-electron chi connectivity index (χ3n) is 6.32. The van der Waals surface area contributed by atoms with Gasteiger partial charge < -0.3 is 19.3 Å². The number of nitrogens with zero attached hydrogens (tertiary/aromatic N) is 6. The first-order chi connectivity index (χ1) is 14.6. The number of aromatic nitrogens is 3. The van der Waals surface area contributed by atoms with Crippen LogP contribution in [0.15, 0.2) is 41.5 Å². The number of aryl methyl sites for hydroxylation is 1. The first-order valence-electron chi connectivity index (χ1n) is 10.8. The molecule has 2 aliphatic heterocycles. The molecule has 30 heavy (non-hydrogen) atoms. The smallest absolute Gasteiger partial charge is 0.264 e. The Morgan fingerprint density at radius 3 is 2.27 bits per heavy atom. The fourth-order valence-corrected chi connectivity index (χ4v) is 4.42. The van der Waals surface area contributed by atoms with E-state index in [1.165, 1.54) is 10.3 Å². The van der Waals surface area contributed by atoms with Gasteiger partial charge in [-0.25, -0.2) is 9.97 Å². The van der Waals surface area contributed by atoms with E-state index in [9.17, 15) is 4.79 Å². The van der Waals surface area contributed by atoms with E-state index in [0.717, 1.165) is 69.2 Å². The molecule has 2 saturated heterocycles. The lowest BCUT2D eigenvalue weighted by molar-refractivity contribution is 0.313. The molecule has 0 N–H and O–H groups in total. The predicted molar refractivity (Wildman–Crippen MR) is 121 cm³/mol. The Labute approximate surface area is 176 Å². The van der Waals surface area contributed by atoms with Crippen molar-refractivity contribution in [3.05, 3.63) is 47.0 Å². The van der Waals surface area contributed by atoms with Gasteiger partial charge in [-0.1, -0.05) is 12.1 Å². The van der Waals surface area contributed by atoms with Crippen LogP contribution in [0.2, 0.25) is 0 Å². The van der Waals surface area contributed by atoms with Crippen LogP contribution < -0.4 is 15.4 Å². The van der Waals surface area contributed by atoms with Crippen LogP contribution in [-0.4, -0.2) is 65.8 Å². The van der Waals surface area contributed by atoms with E-state index in [-0.39, 0.29) is 5.56 Å². The summed E-state index contributed by atoms with van der Waals surface area (Å²) in [6.07, 6.45) is 3.86. The van der Waals surface area contributed by atoms with E-state index in [2.05, 4.69) is 51.0 Å². The molecule has 7 nitrogen and oxygen atoms in total. The number of hydrogen-bond donors (Lipinski definition) is 0. The number of likely N-dealkylation sites (N-methyl/N-ethyl adjacent to an activating group) is 1. The molecule has 0 bridgehead atoms. The molecule has 0 atom stereocenters. The second-order valence-corrected chi connectivity index (χ2v) is 8.42. The Kier molecular flexibility index (Phi) is 4.90. The van der Waals surface area contributed by atoms with Gasteiger partial charge in [-0.3, -0.25) is 4.79 Å². The van der Waals surface area contributed by atoms with Crippen molar-refractivity contribution in [1.82, 2.24) is 19.4 Å². The lowest BCUT2D eigenvalue weighted by Crippen LogP contribution is -2.44. The lowest BCUT2D eigenvalue weighted by atomic mass is 10.1. The summed E-state index contributed by atoms with van der Waals surface area (Å²) in [7, 11) is 3.92. The van der Waals surface area contributed by atoms with Crippen molar-refractivity contribution in [3.8, 4) is 11.3 Å². The van der Waals surface area contributed by atoms with Crippen molar-refractivity contribution in [2.75, 3.05) is 56.1 Å². The van der Waals surface area contributed by atoms with E-state index < -0.39 is 0 Å². The average Bonchev–Trinajstić information content (AvgIpc) is 3.31. The summed E-state index contributed by atoms with van der Waals surface area (Å²) in [6.45, 7) is 6.16. The van der Waals surface area contributed by atoms with E-state index in [0.29, 0.717) is 10.9 Å². The van der Waals surface area contributed by atoms with Crippen LogP contribution in [0, 0.1) is 0 Å². The highest BCUT2D eigenvalue weighted by molar-refractivity contribution is 5.92. The molecule has 2 aliphatic rings. The quantitative estimate of drug-likeness (QED) is 0.668. The minimum absolute atomic E-state index is 0.0358. The molecule has 4 heterocycles. The van der Waals surface area contributed by atoms with Crippen molar-refractivity contribution in [2.45, 2.75) is 12.8 Å². The SMILES string of the molecule is CN1CCN(c2ccc(-c3cc4ncn(C)c(=O)c4c(N4CCCC4)n3)cc2)CC1. The summed E-state index contributed by atoms with van der Waals surface area (Å²) in [5.41, 5.74) is 3.85. The summed E-state index contributed by atoms with van der Waals surface area (Å²) in [4.78, 5) is 29.4. The molecule has 5 rings (SSSR count). The Bertz CT molecular complexity index is 1110. The summed E-state index contributed by atoms with van der Waals surface area (Å²) in [5, 5.41) is 0.625. The Morgan fingerprint density at radius 2 is 1.57 bits per heavy atom. The standard InChI is InChI=1S/C23H28N6O/c1-26-11-13-28(14-12-26)18-7-5-17(6-8-18)19-15-20-21(23(30)27(2)16-24-20)22(25-19)29-9-3-4-10-29/h5-8,15-16H,3-4,9-14H2,1-2H3. The van der Waals surface area contributed by atoms with Gasteiger partial charge in [-0.05, 0) is 38.1 Å². The zero-order valence-corrected chi connectivity index (χ0v) is 17.7. The topological polar surface area (TPSA) is 57.5 Å². The van der Waals surface area contributed by atoms with Crippen molar-refractivity contribution in [2.24, 2.45) is 7.05 Å². The molecule has 0 radical (unpaired) electrons. The minimum Gasteiger partial charge on any atom is -0.369 e. The summed E-state index contributed by atoms with van der Waals surface area (Å²) in [6, 6.07) is 10.6. The predicted octanol–water partition coefficient (Wildman–Crippen LogP) is 2.35. The number of benzene rings is 1. The first-order valence-corrected chi connectivity index (χ1v) is 10.8. The average molecular weight is 405 g/mol. The lowest BCUT2D eigenvalue weighted by Gasteiger charge is -2.34. The Balaban J connectivity index is 1.54. The normalized spacial score (nSPS) is 17.8. The molecule has 0 unspecified atom stereocenters. The maximum Gasteiger partial charge on any atom is 0.264 e. The van der Waals surface area contributed by atoms with Crippen LogP contribution in [0.1, 0.15) is 12.8 Å². The van der Waals surface area contributed by atoms with Gasteiger partial charge in [0, 0.05) is 57.6 Å². The molecule has 0 spiro atoms. The molecule has 3 aromatic rings. The van der Waals surface area contributed by atoms with Gasteiger partial charge in [-0.15, -0.1) is 0 Å². The number of fused-ring (bicyclic) bond motifs is 1. The van der Waals surface area contributed by atoms with Crippen LogP contribution in [0.5, 0.6) is 0 Å². The molecular weight excluding hydrogens is 376 g/mol. The van der Waals surface area contributed by atoms with E-state index in [4.69, 9.17) is 4.98 Å². The molecule has 1 aromatic carbocycles. The van der Waals surface area contributed by atoms with Crippen LogP contribution in [-0.2, 0) is 7.05 Å². The van der Waals surface area contributed by atoms with Gasteiger partial charge in [0.15, 0.2) is 0 Å². The minimum atomic E-state index is -0.0358. The van der Waals surface area contributed by atoms with Crippen molar-refractivity contribution < 1.29 is 0 Å². The maximum absolute atomic E-state index is 12.8. The molecule has 156 valence electrons. The number of pyridine rings is 1. The van der Waals surface area contributed by atoms with Crippen molar-refractivity contribution in [3.63, 3.8) is 0 Å². The number of hydrogen-bond acceptors (Lipinski definition) is 6. The summed E-state index contributed by atoms with van der Waals surface area (Å²) >= 11 is 0. The zero-order chi connectivity index (χ0) is 20.7. The molecule has 2 aromatic heterocycles. The number of rotatable bonds is 3. The summed E-state index contributed by atoms with van der Waals surface area (Å²) < 4.78 is 1.54. The van der Waals surface area contributed by atoms with Crippen LogP contribution in [0.4, 0.5) is 11.5 Å². The molecular formula is C23H28N6O. The highest BCUT2D eigenvalue weighted by Gasteiger charge is 2.21. The van der Waals surface area contributed by atoms with Crippen molar-refractivity contribution >= 4 is 22.4 Å².